The van der Waals surface area contributed by atoms with Gasteiger partial charge < -0.3 is 0 Å². The van der Waals surface area contributed by atoms with Crippen molar-refractivity contribution in [1.29, 1.82) is 0 Å². The molecule has 2 rings (SSSR count). The van der Waals surface area contributed by atoms with Crippen LogP contribution in [0.3, 0.4) is 0 Å². The molecule has 2 nitrogen and oxygen atoms in total. The van der Waals surface area contributed by atoms with E-state index >= 15 is 0 Å². The molecule has 0 aromatic heterocycles. The first kappa shape index (κ1) is 13.9. The molecule has 0 fully saturated rings. The van der Waals surface area contributed by atoms with Crippen LogP contribution >= 0.6 is 38.5 Å². The Balaban J connectivity index is 2.44. The molecule has 1 unspecified atom stereocenters. The van der Waals surface area contributed by atoms with E-state index in [1.807, 2.05) is 18.2 Å². The first-order valence-electron chi connectivity index (χ1n) is 5.28. The number of nitrogens with one attached hydrogen (secondary N) is 1. The summed E-state index contributed by atoms with van der Waals surface area (Å²) < 4.78 is 15.0. The number of benzene rings is 2. The molecular formula is C13H11BrFIN2. The zero-order valence-electron chi connectivity index (χ0n) is 9.33. The molecule has 94 valence electrons. The summed E-state index contributed by atoms with van der Waals surface area (Å²) in [5, 5.41) is 0. The summed E-state index contributed by atoms with van der Waals surface area (Å²) in [6.07, 6.45) is 0. The summed E-state index contributed by atoms with van der Waals surface area (Å²) in [4.78, 5) is 0. The Morgan fingerprint density at radius 2 is 1.83 bits per heavy atom. The zero-order chi connectivity index (χ0) is 13.1. The molecule has 2 aromatic carbocycles. The Morgan fingerprint density at radius 1 is 1.17 bits per heavy atom. The molecule has 0 aliphatic rings. The fourth-order valence-corrected chi connectivity index (χ4v) is 2.75. The molecule has 0 radical (unpaired) electrons. The lowest BCUT2D eigenvalue weighted by Crippen LogP contribution is -2.29. The molecule has 0 spiro atoms. The van der Waals surface area contributed by atoms with Gasteiger partial charge in [0.25, 0.3) is 0 Å². The van der Waals surface area contributed by atoms with Crippen LogP contribution in [-0.4, -0.2) is 0 Å². The summed E-state index contributed by atoms with van der Waals surface area (Å²) in [6, 6.07) is 12.2. The lowest BCUT2D eigenvalue weighted by molar-refractivity contribution is 0.614. The average molecular weight is 421 g/mol. The first-order valence-corrected chi connectivity index (χ1v) is 7.15. The minimum Gasteiger partial charge on any atom is -0.271 e. The van der Waals surface area contributed by atoms with Gasteiger partial charge in [0.2, 0.25) is 0 Å². The van der Waals surface area contributed by atoms with Crippen molar-refractivity contribution in [3.63, 3.8) is 0 Å². The molecule has 0 bridgehead atoms. The first-order chi connectivity index (χ1) is 8.61. The maximum Gasteiger partial charge on any atom is 0.123 e. The van der Waals surface area contributed by atoms with Gasteiger partial charge in [-0.3, -0.25) is 5.84 Å². The van der Waals surface area contributed by atoms with E-state index in [1.54, 1.807) is 12.1 Å². The summed E-state index contributed by atoms with van der Waals surface area (Å²) in [5.74, 6) is 5.37. The quantitative estimate of drug-likeness (QED) is 0.451. The SMILES string of the molecule is NNC(c1ccc(F)cc1)c1cc(I)ccc1Br. The van der Waals surface area contributed by atoms with Crippen LogP contribution in [0, 0.1) is 9.39 Å². The summed E-state index contributed by atoms with van der Waals surface area (Å²) >= 11 is 5.76. The third-order valence-electron chi connectivity index (χ3n) is 2.64. The molecule has 0 saturated carbocycles. The number of halogens is 3. The van der Waals surface area contributed by atoms with Gasteiger partial charge in [-0.2, -0.15) is 0 Å². The van der Waals surface area contributed by atoms with E-state index in [9.17, 15) is 4.39 Å². The molecule has 1 atom stereocenters. The molecule has 3 N–H and O–H groups in total. The lowest BCUT2D eigenvalue weighted by atomic mass is 9.99. The standard InChI is InChI=1S/C13H11BrFIN2/c14-12-6-5-10(16)7-11(12)13(18-17)8-1-3-9(15)4-2-8/h1-7,13,18H,17H2. The van der Waals surface area contributed by atoms with Crippen molar-refractivity contribution >= 4 is 38.5 Å². The van der Waals surface area contributed by atoms with Gasteiger partial charge in [-0.25, -0.2) is 9.82 Å². The Morgan fingerprint density at radius 3 is 2.44 bits per heavy atom. The number of hydrazine groups is 1. The topological polar surface area (TPSA) is 38.0 Å². The van der Waals surface area contributed by atoms with Gasteiger partial charge in [-0.1, -0.05) is 28.1 Å². The van der Waals surface area contributed by atoms with Crippen LogP contribution in [0.4, 0.5) is 4.39 Å². The van der Waals surface area contributed by atoms with Gasteiger partial charge in [0.1, 0.15) is 5.82 Å². The largest absolute Gasteiger partial charge is 0.271 e. The lowest BCUT2D eigenvalue weighted by Gasteiger charge is -2.18. The zero-order valence-corrected chi connectivity index (χ0v) is 13.1. The summed E-state index contributed by atoms with van der Waals surface area (Å²) in [7, 11) is 0. The average Bonchev–Trinajstić information content (AvgIpc) is 2.37. The molecule has 0 aliphatic carbocycles. The smallest absolute Gasteiger partial charge is 0.123 e. The van der Waals surface area contributed by atoms with Gasteiger partial charge in [-0.05, 0) is 64.0 Å². The van der Waals surface area contributed by atoms with E-state index in [2.05, 4.69) is 43.9 Å². The summed E-state index contributed by atoms with van der Waals surface area (Å²) in [6.45, 7) is 0. The highest BCUT2D eigenvalue weighted by Gasteiger charge is 2.15. The van der Waals surface area contributed by atoms with Crippen molar-refractivity contribution in [2.45, 2.75) is 6.04 Å². The predicted octanol–water partition coefficient (Wildman–Crippen LogP) is 3.75. The van der Waals surface area contributed by atoms with Crippen LogP contribution in [0.25, 0.3) is 0 Å². The minimum absolute atomic E-state index is 0.172. The van der Waals surface area contributed by atoms with E-state index in [4.69, 9.17) is 5.84 Å². The molecular weight excluding hydrogens is 410 g/mol. The summed E-state index contributed by atoms with van der Waals surface area (Å²) in [5.41, 5.74) is 4.71. The second kappa shape index (κ2) is 6.10. The van der Waals surface area contributed by atoms with Crippen molar-refractivity contribution in [2.24, 2.45) is 5.84 Å². The van der Waals surface area contributed by atoms with Gasteiger partial charge >= 0.3 is 0 Å². The van der Waals surface area contributed by atoms with E-state index in [-0.39, 0.29) is 11.9 Å². The Kier molecular flexibility index (Phi) is 4.71. The van der Waals surface area contributed by atoms with Crippen molar-refractivity contribution in [3.8, 4) is 0 Å². The second-order valence-corrected chi connectivity index (χ2v) is 5.92. The maximum absolute atomic E-state index is 12.9. The molecule has 0 heterocycles. The van der Waals surface area contributed by atoms with E-state index in [0.29, 0.717) is 0 Å². The number of rotatable bonds is 3. The molecule has 5 heteroatoms. The van der Waals surface area contributed by atoms with Gasteiger partial charge in [0.15, 0.2) is 0 Å². The molecule has 0 saturated heterocycles. The van der Waals surface area contributed by atoms with Gasteiger partial charge in [0, 0.05) is 8.04 Å². The van der Waals surface area contributed by atoms with Crippen LogP contribution in [0.15, 0.2) is 46.9 Å². The van der Waals surface area contributed by atoms with Crippen LogP contribution in [0.2, 0.25) is 0 Å². The van der Waals surface area contributed by atoms with E-state index in [0.717, 1.165) is 19.2 Å². The number of nitrogens with two attached hydrogens (primary N) is 1. The van der Waals surface area contributed by atoms with E-state index < -0.39 is 0 Å². The molecule has 2 aromatic rings. The second-order valence-electron chi connectivity index (χ2n) is 3.82. The third kappa shape index (κ3) is 3.09. The van der Waals surface area contributed by atoms with Crippen LogP contribution in [0.5, 0.6) is 0 Å². The molecule has 18 heavy (non-hydrogen) atoms. The fourth-order valence-electron chi connectivity index (χ4n) is 1.76. The van der Waals surface area contributed by atoms with Crippen molar-refractivity contribution in [3.05, 3.63) is 67.5 Å². The van der Waals surface area contributed by atoms with Gasteiger partial charge in [-0.15, -0.1) is 0 Å². The van der Waals surface area contributed by atoms with Crippen LogP contribution < -0.4 is 11.3 Å². The molecule has 0 aliphatic heterocycles. The fraction of sp³-hybridized carbons (Fsp3) is 0.0769. The number of hydrogen-bond donors (Lipinski definition) is 2. The minimum atomic E-state index is -0.253. The highest BCUT2D eigenvalue weighted by atomic mass is 127. The van der Waals surface area contributed by atoms with Crippen molar-refractivity contribution < 1.29 is 4.39 Å². The Hall–Kier alpha value is -0.500. The van der Waals surface area contributed by atoms with Crippen molar-refractivity contribution in [2.75, 3.05) is 0 Å². The number of hydrogen-bond acceptors (Lipinski definition) is 2. The Bertz CT molecular complexity index is 545. The normalized spacial score (nSPS) is 12.4. The third-order valence-corrected chi connectivity index (χ3v) is 4.03. The highest BCUT2D eigenvalue weighted by Crippen LogP contribution is 2.29. The van der Waals surface area contributed by atoms with Crippen molar-refractivity contribution in [1.82, 2.24) is 5.43 Å². The maximum atomic E-state index is 12.9. The Labute approximate surface area is 127 Å². The van der Waals surface area contributed by atoms with E-state index in [1.165, 1.54) is 12.1 Å². The molecule has 0 amide bonds. The van der Waals surface area contributed by atoms with Gasteiger partial charge in [0.05, 0.1) is 6.04 Å². The predicted molar refractivity (Wildman–Crippen MR) is 82.4 cm³/mol. The highest BCUT2D eigenvalue weighted by molar-refractivity contribution is 14.1. The van der Waals surface area contributed by atoms with Crippen LogP contribution in [-0.2, 0) is 0 Å². The van der Waals surface area contributed by atoms with Crippen LogP contribution in [0.1, 0.15) is 17.2 Å². The monoisotopic (exact) mass is 420 g/mol.